The van der Waals surface area contributed by atoms with Crippen LogP contribution in [0, 0.1) is 5.92 Å². The molecule has 0 bridgehead atoms. The first-order valence-electron chi connectivity index (χ1n) is 5.87. The van der Waals surface area contributed by atoms with Crippen LogP contribution in [0.3, 0.4) is 0 Å². The fraction of sp³-hybridized carbons (Fsp3) is 0.417. The van der Waals surface area contributed by atoms with Gasteiger partial charge in [-0.15, -0.1) is 0 Å². The molecule has 5 nitrogen and oxygen atoms in total. The first-order valence-corrected chi connectivity index (χ1v) is 7.45. The van der Waals surface area contributed by atoms with Crippen molar-refractivity contribution in [3.05, 3.63) is 27.1 Å². The average Bonchev–Trinajstić information content (AvgIpc) is 2.77. The summed E-state index contributed by atoms with van der Waals surface area (Å²) in [4.78, 5) is 8.59. The fourth-order valence-corrected chi connectivity index (χ4v) is 2.62. The first-order chi connectivity index (χ1) is 8.97. The van der Waals surface area contributed by atoms with Crippen LogP contribution in [0.2, 0.25) is 0 Å². The second kappa shape index (κ2) is 6.11. The van der Waals surface area contributed by atoms with E-state index < -0.39 is 0 Å². The van der Waals surface area contributed by atoms with Gasteiger partial charge in [-0.25, -0.2) is 0 Å². The molecule has 0 aliphatic rings. The van der Waals surface area contributed by atoms with Gasteiger partial charge in [0.2, 0.25) is 11.7 Å². The Labute approximate surface area is 128 Å². The van der Waals surface area contributed by atoms with E-state index in [0.29, 0.717) is 29.7 Å². The van der Waals surface area contributed by atoms with E-state index in [0.717, 1.165) is 8.95 Å². The molecule has 0 amide bonds. The third-order valence-electron chi connectivity index (χ3n) is 2.75. The Kier molecular flexibility index (Phi) is 4.70. The molecule has 0 radical (unpaired) electrons. The molecule has 2 rings (SSSR count). The fourth-order valence-electron chi connectivity index (χ4n) is 1.45. The van der Waals surface area contributed by atoms with Gasteiger partial charge in [0.25, 0.3) is 0 Å². The van der Waals surface area contributed by atoms with Crippen molar-refractivity contribution in [1.29, 1.82) is 0 Å². The van der Waals surface area contributed by atoms with E-state index in [1.807, 2.05) is 6.07 Å². The number of hydrogen-bond acceptors (Lipinski definition) is 5. The van der Waals surface area contributed by atoms with E-state index in [4.69, 9.17) is 10.3 Å². The molecule has 0 aromatic carbocycles. The van der Waals surface area contributed by atoms with Crippen molar-refractivity contribution in [3.63, 3.8) is 0 Å². The standard InChI is InChI=1S/C12H14Br2N4O/c1-6(2)9(15)4-10-17-12(18-19-10)11-8(14)3-7(13)5-16-11/h3,5-6,9H,4,15H2,1-2H3. The molecule has 0 saturated carbocycles. The van der Waals surface area contributed by atoms with Gasteiger partial charge in [-0.05, 0) is 43.8 Å². The molecular formula is C12H14Br2N4O. The van der Waals surface area contributed by atoms with Gasteiger partial charge in [0, 0.05) is 27.6 Å². The summed E-state index contributed by atoms with van der Waals surface area (Å²) < 4.78 is 6.90. The van der Waals surface area contributed by atoms with E-state index in [1.165, 1.54) is 0 Å². The lowest BCUT2D eigenvalue weighted by atomic mass is 10.0. The predicted molar refractivity (Wildman–Crippen MR) is 79.4 cm³/mol. The van der Waals surface area contributed by atoms with Crippen LogP contribution in [0.4, 0.5) is 0 Å². The molecule has 0 saturated heterocycles. The monoisotopic (exact) mass is 388 g/mol. The van der Waals surface area contributed by atoms with E-state index >= 15 is 0 Å². The van der Waals surface area contributed by atoms with Crippen molar-refractivity contribution < 1.29 is 4.52 Å². The van der Waals surface area contributed by atoms with E-state index in [2.05, 4.69) is 60.8 Å². The van der Waals surface area contributed by atoms with Gasteiger partial charge in [0.15, 0.2) is 0 Å². The molecule has 1 atom stereocenters. The molecule has 102 valence electrons. The zero-order chi connectivity index (χ0) is 14.0. The highest BCUT2D eigenvalue weighted by Crippen LogP contribution is 2.26. The minimum atomic E-state index is 0.00891. The molecule has 0 aliphatic heterocycles. The number of aromatic nitrogens is 3. The third-order valence-corrected chi connectivity index (χ3v) is 3.79. The van der Waals surface area contributed by atoms with Gasteiger partial charge in [0.05, 0.1) is 0 Å². The van der Waals surface area contributed by atoms with Crippen molar-refractivity contribution >= 4 is 31.9 Å². The molecule has 2 aromatic rings. The van der Waals surface area contributed by atoms with E-state index in [1.54, 1.807) is 6.20 Å². The van der Waals surface area contributed by atoms with Crippen molar-refractivity contribution in [1.82, 2.24) is 15.1 Å². The lowest BCUT2D eigenvalue weighted by Crippen LogP contribution is -2.28. The highest BCUT2D eigenvalue weighted by atomic mass is 79.9. The van der Waals surface area contributed by atoms with Gasteiger partial charge >= 0.3 is 0 Å². The number of nitrogens with two attached hydrogens (primary N) is 1. The lowest BCUT2D eigenvalue weighted by molar-refractivity contribution is 0.353. The Morgan fingerprint density at radius 2 is 2.11 bits per heavy atom. The molecular weight excluding hydrogens is 376 g/mol. The summed E-state index contributed by atoms with van der Waals surface area (Å²) in [6.07, 6.45) is 2.26. The van der Waals surface area contributed by atoms with Crippen LogP contribution >= 0.6 is 31.9 Å². The van der Waals surface area contributed by atoms with Crippen molar-refractivity contribution in [2.45, 2.75) is 26.3 Å². The average molecular weight is 390 g/mol. The maximum absolute atomic E-state index is 5.99. The Morgan fingerprint density at radius 3 is 2.74 bits per heavy atom. The highest BCUT2D eigenvalue weighted by Gasteiger charge is 2.16. The second-order valence-electron chi connectivity index (χ2n) is 4.61. The first kappa shape index (κ1) is 14.6. The van der Waals surface area contributed by atoms with Gasteiger partial charge in [0.1, 0.15) is 5.69 Å². The number of pyridine rings is 1. The summed E-state index contributed by atoms with van der Waals surface area (Å²) in [7, 11) is 0. The van der Waals surface area contributed by atoms with Crippen LogP contribution in [0.5, 0.6) is 0 Å². The summed E-state index contributed by atoms with van der Waals surface area (Å²) in [5.74, 6) is 1.37. The SMILES string of the molecule is CC(C)C(N)Cc1nc(-c2ncc(Br)cc2Br)no1. The number of rotatable bonds is 4. The third kappa shape index (κ3) is 3.61. The summed E-state index contributed by atoms with van der Waals surface area (Å²) in [5.41, 5.74) is 6.64. The zero-order valence-electron chi connectivity index (χ0n) is 10.6. The normalized spacial score (nSPS) is 12.9. The largest absolute Gasteiger partial charge is 0.339 e. The Hall–Kier alpha value is -0.790. The summed E-state index contributed by atoms with van der Waals surface area (Å²) in [5, 5.41) is 3.94. The summed E-state index contributed by atoms with van der Waals surface area (Å²) >= 11 is 6.78. The Bertz CT molecular complexity index is 571. The van der Waals surface area contributed by atoms with Gasteiger partial charge in [-0.1, -0.05) is 19.0 Å². The minimum absolute atomic E-state index is 0.00891. The van der Waals surface area contributed by atoms with Crippen molar-refractivity contribution in [2.75, 3.05) is 0 Å². The molecule has 1 unspecified atom stereocenters. The summed E-state index contributed by atoms with van der Waals surface area (Å²) in [6, 6.07) is 1.90. The number of halogens is 2. The molecule has 0 aliphatic carbocycles. The quantitative estimate of drug-likeness (QED) is 0.868. The topological polar surface area (TPSA) is 77.8 Å². The summed E-state index contributed by atoms with van der Waals surface area (Å²) in [6.45, 7) is 4.13. The molecule has 2 aromatic heterocycles. The molecule has 2 heterocycles. The van der Waals surface area contributed by atoms with Crippen molar-refractivity contribution in [3.8, 4) is 11.5 Å². The smallest absolute Gasteiger partial charge is 0.228 e. The van der Waals surface area contributed by atoms with Crippen LogP contribution in [0.15, 0.2) is 25.7 Å². The maximum atomic E-state index is 5.99. The van der Waals surface area contributed by atoms with Crippen LogP contribution in [0.25, 0.3) is 11.5 Å². The van der Waals surface area contributed by atoms with E-state index in [9.17, 15) is 0 Å². The number of hydrogen-bond donors (Lipinski definition) is 1. The van der Waals surface area contributed by atoms with Crippen LogP contribution in [-0.4, -0.2) is 21.2 Å². The maximum Gasteiger partial charge on any atom is 0.228 e. The minimum Gasteiger partial charge on any atom is -0.339 e. The van der Waals surface area contributed by atoms with Crippen molar-refractivity contribution in [2.24, 2.45) is 11.7 Å². The number of nitrogens with zero attached hydrogens (tertiary/aromatic N) is 3. The Balaban J connectivity index is 2.21. The van der Waals surface area contributed by atoms with Gasteiger partial charge < -0.3 is 10.3 Å². The molecule has 0 fully saturated rings. The lowest BCUT2D eigenvalue weighted by Gasteiger charge is -2.11. The van der Waals surface area contributed by atoms with E-state index in [-0.39, 0.29) is 6.04 Å². The van der Waals surface area contributed by atoms with Crippen LogP contribution in [-0.2, 0) is 6.42 Å². The second-order valence-corrected chi connectivity index (χ2v) is 6.38. The molecule has 0 spiro atoms. The zero-order valence-corrected chi connectivity index (χ0v) is 13.8. The van der Waals surface area contributed by atoms with Crippen LogP contribution < -0.4 is 5.73 Å². The van der Waals surface area contributed by atoms with Gasteiger partial charge in [-0.2, -0.15) is 4.98 Å². The molecule has 19 heavy (non-hydrogen) atoms. The molecule has 2 N–H and O–H groups in total. The van der Waals surface area contributed by atoms with Crippen LogP contribution in [0.1, 0.15) is 19.7 Å². The molecule has 7 heteroatoms. The Morgan fingerprint density at radius 1 is 1.37 bits per heavy atom. The van der Waals surface area contributed by atoms with Gasteiger partial charge in [-0.3, -0.25) is 4.98 Å². The highest BCUT2D eigenvalue weighted by molar-refractivity contribution is 9.11. The predicted octanol–water partition coefficient (Wildman–Crippen LogP) is 3.18.